The van der Waals surface area contributed by atoms with Crippen LogP contribution in [0, 0.1) is 0 Å². The van der Waals surface area contributed by atoms with Crippen molar-refractivity contribution in [1.29, 1.82) is 0 Å². The molecule has 0 aromatic carbocycles. The van der Waals surface area contributed by atoms with Gasteiger partial charge in [0.05, 0.1) is 6.10 Å². The molecule has 0 radical (unpaired) electrons. The molecule has 2 nitrogen and oxygen atoms in total. The summed E-state index contributed by atoms with van der Waals surface area (Å²) in [7, 11) is 0. The Balaban J connectivity index is 2.25. The first kappa shape index (κ1) is 13.3. The average molecular weight is 242 g/mol. The molecule has 3 heteroatoms. The second-order valence-corrected chi connectivity index (χ2v) is 4.48. The lowest BCUT2D eigenvalue weighted by Crippen LogP contribution is -2.11. The highest BCUT2D eigenvalue weighted by atomic mass is 35.5. The van der Waals surface area contributed by atoms with Crippen LogP contribution in [-0.2, 0) is 0 Å². The van der Waals surface area contributed by atoms with E-state index in [1.807, 2.05) is 6.07 Å². The molecule has 0 bridgehead atoms. The Hall–Kier alpha value is -0.760. The molecule has 1 unspecified atom stereocenters. The number of aromatic nitrogens is 1. The van der Waals surface area contributed by atoms with Gasteiger partial charge in [-0.05, 0) is 25.8 Å². The molecule has 0 saturated carbocycles. The van der Waals surface area contributed by atoms with Gasteiger partial charge in [-0.3, -0.25) is 0 Å². The highest BCUT2D eigenvalue weighted by molar-refractivity contribution is 6.29. The summed E-state index contributed by atoms with van der Waals surface area (Å²) in [5, 5.41) is 0.482. The second kappa shape index (κ2) is 7.50. The molecular formula is C13H20ClNO. The van der Waals surface area contributed by atoms with E-state index in [9.17, 15) is 0 Å². The van der Waals surface area contributed by atoms with Crippen molar-refractivity contribution in [3.63, 3.8) is 0 Å². The van der Waals surface area contributed by atoms with Crippen LogP contribution in [0.2, 0.25) is 5.15 Å². The van der Waals surface area contributed by atoms with E-state index in [0.717, 1.165) is 12.2 Å². The molecule has 1 rings (SSSR count). The number of rotatable bonds is 7. The molecule has 1 atom stereocenters. The normalized spacial score (nSPS) is 12.4. The van der Waals surface area contributed by atoms with Crippen LogP contribution in [0.15, 0.2) is 18.3 Å². The van der Waals surface area contributed by atoms with Gasteiger partial charge in [-0.1, -0.05) is 37.8 Å². The lowest BCUT2D eigenvalue weighted by Gasteiger charge is -2.14. The van der Waals surface area contributed by atoms with Crippen LogP contribution in [0.3, 0.4) is 0 Å². The minimum absolute atomic E-state index is 0.246. The maximum Gasteiger partial charge on any atom is 0.132 e. The molecule has 0 fully saturated rings. The Kier molecular flexibility index (Phi) is 6.24. The van der Waals surface area contributed by atoms with E-state index in [1.165, 1.54) is 25.7 Å². The summed E-state index contributed by atoms with van der Waals surface area (Å²) in [5.41, 5.74) is 0. The van der Waals surface area contributed by atoms with Crippen LogP contribution in [0.1, 0.15) is 46.0 Å². The topological polar surface area (TPSA) is 22.1 Å². The van der Waals surface area contributed by atoms with Crippen molar-refractivity contribution in [3.8, 4) is 5.75 Å². The Morgan fingerprint density at radius 1 is 1.38 bits per heavy atom. The van der Waals surface area contributed by atoms with Crippen LogP contribution >= 0.6 is 11.6 Å². The molecule has 1 aromatic rings. The lowest BCUT2D eigenvalue weighted by atomic mass is 10.1. The minimum Gasteiger partial charge on any atom is -0.491 e. The maximum atomic E-state index is 5.78. The van der Waals surface area contributed by atoms with Gasteiger partial charge in [-0.15, -0.1) is 0 Å². The Bertz CT molecular complexity index is 304. The molecule has 0 saturated heterocycles. The highest BCUT2D eigenvalue weighted by Crippen LogP contribution is 2.17. The monoisotopic (exact) mass is 241 g/mol. The van der Waals surface area contributed by atoms with Gasteiger partial charge in [-0.2, -0.15) is 0 Å². The van der Waals surface area contributed by atoms with Gasteiger partial charge in [0, 0.05) is 12.3 Å². The summed E-state index contributed by atoms with van der Waals surface area (Å²) in [5.74, 6) is 0.808. The van der Waals surface area contributed by atoms with Crippen molar-refractivity contribution in [2.75, 3.05) is 0 Å². The van der Waals surface area contributed by atoms with Gasteiger partial charge < -0.3 is 4.74 Å². The molecule has 90 valence electrons. The summed E-state index contributed by atoms with van der Waals surface area (Å²) in [4.78, 5) is 3.92. The van der Waals surface area contributed by atoms with Crippen molar-refractivity contribution in [2.45, 2.75) is 52.1 Å². The van der Waals surface area contributed by atoms with Gasteiger partial charge in [0.15, 0.2) is 0 Å². The first-order chi connectivity index (χ1) is 7.72. The van der Waals surface area contributed by atoms with Crippen LogP contribution in [0.4, 0.5) is 0 Å². The fraction of sp³-hybridized carbons (Fsp3) is 0.615. The molecule has 0 N–H and O–H groups in total. The third-order valence-electron chi connectivity index (χ3n) is 2.50. The van der Waals surface area contributed by atoms with Crippen molar-refractivity contribution >= 4 is 11.6 Å². The zero-order valence-corrected chi connectivity index (χ0v) is 10.8. The summed E-state index contributed by atoms with van der Waals surface area (Å²) in [6.07, 6.45) is 8.12. The fourth-order valence-corrected chi connectivity index (χ4v) is 1.77. The number of halogens is 1. The number of pyridine rings is 1. The minimum atomic E-state index is 0.246. The SMILES string of the molecule is CCCCCCC(C)Oc1ccnc(Cl)c1. The quantitative estimate of drug-likeness (QED) is 0.519. The van der Waals surface area contributed by atoms with Gasteiger partial charge in [0.25, 0.3) is 0 Å². The van der Waals surface area contributed by atoms with Crippen LogP contribution in [0.5, 0.6) is 5.75 Å². The van der Waals surface area contributed by atoms with E-state index >= 15 is 0 Å². The molecule has 0 aliphatic carbocycles. The molecule has 16 heavy (non-hydrogen) atoms. The fourth-order valence-electron chi connectivity index (χ4n) is 1.61. The number of nitrogens with zero attached hydrogens (tertiary/aromatic N) is 1. The number of ether oxygens (including phenoxy) is 1. The first-order valence-corrected chi connectivity index (χ1v) is 6.38. The molecule has 0 amide bonds. The van der Waals surface area contributed by atoms with Crippen molar-refractivity contribution in [2.24, 2.45) is 0 Å². The van der Waals surface area contributed by atoms with Gasteiger partial charge >= 0.3 is 0 Å². The number of unbranched alkanes of at least 4 members (excludes halogenated alkanes) is 3. The van der Waals surface area contributed by atoms with Gasteiger partial charge in [0.1, 0.15) is 10.9 Å². The van der Waals surface area contributed by atoms with E-state index in [-0.39, 0.29) is 6.10 Å². The largest absolute Gasteiger partial charge is 0.491 e. The van der Waals surface area contributed by atoms with E-state index in [2.05, 4.69) is 18.8 Å². The Morgan fingerprint density at radius 3 is 2.88 bits per heavy atom. The van der Waals surface area contributed by atoms with Crippen LogP contribution < -0.4 is 4.74 Å². The van der Waals surface area contributed by atoms with Crippen molar-refractivity contribution in [1.82, 2.24) is 4.98 Å². The van der Waals surface area contributed by atoms with Crippen LogP contribution in [-0.4, -0.2) is 11.1 Å². The summed E-state index contributed by atoms with van der Waals surface area (Å²) >= 11 is 5.78. The molecule has 0 spiro atoms. The molecular weight excluding hydrogens is 222 g/mol. The second-order valence-electron chi connectivity index (χ2n) is 4.09. The third-order valence-corrected chi connectivity index (χ3v) is 2.71. The van der Waals surface area contributed by atoms with E-state index < -0.39 is 0 Å². The van der Waals surface area contributed by atoms with Crippen LogP contribution in [0.25, 0.3) is 0 Å². The number of hydrogen-bond acceptors (Lipinski definition) is 2. The van der Waals surface area contributed by atoms with E-state index in [1.54, 1.807) is 12.3 Å². The molecule has 1 aromatic heterocycles. The van der Waals surface area contributed by atoms with Gasteiger partial charge in [-0.25, -0.2) is 4.98 Å². The van der Waals surface area contributed by atoms with E-state index in [0.29, 0.717) is 5.15 Å². The first-order valence-electron chi connectivity index (χ1n) is 6.00. The van der Waals surface area contributed by atoms with E-state index in [4.69, 9.17) is 16.3 Å². The Labute approximate surface area is 103 Å². The zero-order chi connectivity index (χ0) is 11.8. The highest BCUT2D eigenvalue weighted by Gasteiger charge is 2.04. The van der Waals surface area contributed by atoms with Crippen molar-refractivity contribution in [3.05, 3.63) is 23.5 Å². The predicted octanol–water partition coefficient (Wildman–Crippen LogP) is 4.47. The molecule has 0 aliphatic rings. The molecule has 1 heterocycles. The smallest absolute Gasteiger partial charge is 0.132 e. The Morgan fingerprint density at radius 2 is 2.19 bits per heavy atom. The average Bonchev–Trinajstić information content (AvgIpc) is 2.24. The predicted molar refractivity (Wildman–Crippen MR) is 68.1 cm³/mol. The van der Waals surface area contributed by atoms with Gasteiger partial charge in [0.2, 0.25) is 0 Å². The number of hydrogen-bond donors (Lipinski definition) is 0. The summed E-state index contributed by atoms with van der Waals surface area (Å²) in [6, 6.07) is 3.60. The summed E-state index contributed by atoms with van der Waals surface area (Å²) in [6.45, 7) is 4.32. The third kappa shape index (κ3) is 5.36. The zero-order valence-electron chi connectivity index (χ0n) is 10.1. The maximum absolute atomic E-state index is 5.78. The standard InChI is InChI=1S/C13H20ClNO/c1-3-4-5-6-7-11(2)16-12-8-9-15-13(14)10-12/h8-11H,3-7H2,1-2H3. The summed E-state index contributed by atoms with van der Waals surface area (Å²) < 4.78 is 5.75. The lowest BCUT2D eigenvalue weighted by molar-refractivity contribution is 0.206. The molecule has 0 aliphatic heterocycles. The van der Waals surface area contributed by atoms with Crippen molar-refractivity contribution < 1.29 is 4.74 Å².